The van der Waals surface area contributed by atoms with Crippen molar-refractivity contribution in [1.29, 1.82) is 0 Å². The Balaban J connectivity index is 1.61. The van der Waals surface area contributed by atoms with Gasteiger partial charge >= 0.3 is 5.91 Å². The van der Waals surface area contributed by atoms with Gasteiger partial charge in [-0.3, -0.25) is 5.73 Å². The average Bonchev–Trinajstić information content (AvgIpc) is 2.94. The Hall–Kier alpha value is -4.60. The van der Waals surface area contributed by atoms with Gasteiger partial charge in [-0.15, -0.1) is 10.2 Å². The first-order valence-electron chi connectivity index (χ1n) is 11.9. The molecule has 0 bridgehead atoms. The van der Waals surface area contributed by atoms with Crippen molar-refractivity contribution in [2.75, 3.05) is 0 Å². The third-order valence-electron chi connectivity index (χ3n) is 5.81. The van der Waals surface area contributed by atoms with Crippen LogP contribution in [0, 0.1) is 0 Å². The molecule has 0 spiro atoms. The van der Waals surface area contributed by atoms with E-state index in [0.717, 1.165) is 16.7 Å². The smallest absolute Gasteiger partial charge is 0.305 e. The first kappa shape index (κ1) is 25.1. The molecule has 0 aliphatic carbocycles. The molecular weight excluding hydrogens is 498 g/mol. The number of aromatic nitrogens is 2. The molecule has 10 heteroatoms. The zero-order chi connectivity index (χ0) is 26.4. The number of benzene rings is 3. The summed E-state index contributed by atoms with van der Waals surface area (Å²) in [7, 11) is 0. The number of nitrogens with two attached hydrogens (primary N) is 2. The Kier molecular flexibility index (Phi) is 7.39. The Labute approximate surface area is 225 Å². The number of azo groups is 1. The molecule has 3 aromatic carbocycles. The number of halogens is 1. The molecule has 0 radical (unpaired) electrons. The number of hydrogen-bond acceptors (Lipinski definition) is 9. The van der Waals surface area contributed by atoms with Crippen molar-refractivity contribution < 1.29 is 0 Å². The largest absolute Gasteiger partial charge is 0.383 e. The fourth-order valence-electron chi connectivity index (χ4n) is 4.10. The first-order valence-corrected chi connectivity index (χ1v) is 12.3. The summed E-state index contributed by atoms with van der Waals surface area (Å²) in [6, 6.07) is 29.4. The molecule has 4 aromatic rings. The number of nitrogens with one attached hydrogen (secondary N) is 1. The summed E-state index contributed by atoms with van der Waals surface area (Å²) in [5, 5.41) is 12.3. The fraction of sp³-hybridized carbons (Fsp3) is 0.107. The van der Waals surface area contributed by atoms with Crippen molar-refractivity contribution >= 4 is 29.0 Å². The molecule has 1 atom stereocenters. The lowest BCUT2D eigenvalue weighted by molar-refractivity contribution is 0.256. The lowest BCUT2D eigenvalue weighted by Crippen LogP contribution is -2.56. The Bertz CT molecular complexity index is 1420. The second kappa shape index (κ2) is 11.2. The number of hydrogen-bond donors (Lipinski definition) is 3. The van der Waals surface area contributed by atoms with Gasteiger partial charge in [0.25, 0.3) is 5.95 Å². The number of amidine groups is 1. The van der Waals surface area contributed by atoms with E-state index < -0.39 is 5.91 Å². The zero-order valence-electron chi connectivity index (χ0n) is 20.4. The molecule has 2 heterocycles. The van der Waals surface area contributed by atoms with Crippen molar-refractivity contribution in [2.24, 2.45) is 26.7 Å². The van der Waals surface area contributed by atoms with Crippen molar-refractivity contribution in [2.45, 2.75) is 19.0 Å². The highest BCUT2D eigenvalue weighted by atomic mass is 35.5. The molecule has 1 aromatic heterocycles. The van der Waals surface area contributed by atoms with Gasteiger partial charge in [0.15, 0.2) is 0 Å². The first-order chi connectivity index (χ1) is 18.5. The van der Waals surface area contributed by atoms with Crippen LogP contribution in [0.15, 0.2) is 124 Å². The summed E-state index contributed by atoms with van der Waals surface area (Å²) in [6.07, 6.45) is 3.14. The molecule has 9 nitrogen and oxygen atoms in total. The number of aliphatic imine (C=N–C) groups is 1. The summed E-state index contributed by atoms with van der Waals surface area (Å²) in [6.45, 7) is 1.13. The van der Waals surface area contributed by atoms with E-state index in [2.05, 4.69) is 59.7 Å². The SMILES string of the molecule is NC1=NC(N)(N=Nc2ncccn2)NC(N(Cc2ccccc2)Cc2ccccc2)=C1c1ccc(Cl)cc1. The summed E-state index contributed by atoms with van der Waals surface area (Å²) >= 11 is 6.18. The minimum Gasteiger partial charge on any atom is -0.383 e. The van der Waals surface area contributed by atoms with Crippen LogP contribution in [0.5, 0.6) is 0 Å². The Morgan fingerprint density at radius 3 is 1.97 bits per heavy atom. The molecule has 38 heavy (non-hydrogen) atoms. The van der Waals surface area contributed by atoms with Crippen LogP contribution in [-0.2, 0) is 13.1 Å². The molecule has 1 unspecified atom stereocenters. The molecule has 0 amide bonds. The van der Waals surface area contributed by atoms with Crippen molar-refractivity contribution in [3.05, 3.63) is 131 Å². The molecule has 0 fully saturated rings. The van der Waals surface area contributed by atoms with Gasteiger partial charge in [0, 0.05) is 30.5 Å². The van der Waals surface area contributed by atoms with E-state index in [0.29, 0.717) is 29.5 Å². The molecular formula is C28H26ClN9. The van der Waals surface area contributed by atoms with E-state index in [1.165, 1.54) is 0 Å². The second-order valence-electron chi connectivity index (χ2n) is 8.65. The monoisotopic (exact) mass is 523 g/mol. The van der Waals surface area contributed by atoms with Gasteiger partial charge in [-0.2, -0.15) is 0 Å². The van der Waals surface area contributed by atoms with Crippen molar-refractivity contribution in [1.82, 2.24) is 20.2 Å². The van der Waals surface area contributed by atoms with Gasteiger partial charge in [-0.1, -0.05) is 84.4 Å². The van der Waals surface area contributed by atoms with E-state index in [9.17, 15) is 0 Å². The third kappa shape index (κ3) is 6.03. The van der Waals surface area contributed by atoms with Gasteiger partial charge in [-0.05, 0) is 34.9 Å². The molecule has 0 saturated carbocycles. The number of rotatable bonds is 8. The van der Waals surface area contributed by atoms with Crippen LogP contribution in [-0.4, -0.2) is 26.6 Å². The normalized spacial score (nSPS) is 17.3. The van der Waals surface area contributed by atoms with Gasteiger partial charge in [0.05, 0.1) is 5.57 Å². The topological polar surface area (TPSA) is 130 Å². The highest BCUT2D eigenvalue weighted by molar-refractivity contribution is 6.30. The van der Waals surface area contributed by atoms with Gasteiger partial charge in [0.2, 0.25) is 0 Å². The van der Waals surface area contributed by atoms with Crippen LogP contribution >= 0.6 is 11.6 Å². The zero-order valence-corrected chi connectivity index (χ0v) is 21.2. The quantitative estimate of drug-likeness (QED) is 0.284. The highest BCUT2D eigenvalue weighted by Gasteiger charge is 2.35. The maximum absolute atomic E-state index is 6.60. The molecule has 190 valence electrons. The van der Waals surface area contributed by atoms with Crippen molar-refractivity contribution in [3.8, 4) is 0 Å². The van der Waals surface area contributed by atoms with E-state index in [1.54, 1.807) is 18.5 Å². The van der Waals surface area contributed by atoms with Crippen LogP contribution in [0.2, 0.25) is 5.02 Å². The third-order valence-corrected chi connectivity index (χ3v) is 6.06. The van der Waals surface area contributed by atoms with Crippen LogP contribution in [0.3, 0.4) is 0 Å². The minimum atomic E-state index is -1.68. The molecule has 5 N–H and O–H groups in total. The van der Waals surface area contributed by atoms with Crippen molar-refractivity contribution in [3.63, 3.8) is 0 Å². The molecule has 0 saturated heterocycles. The van der Waals surface area contributed by atoms with E-state index in [4.69, 9.17) is 23.1 Å². The minimum absolute atomic E-state index is 0.160. The predicted molar refractivity (Wildman–Crippen MR) is 149 cm³/mol. The maximum Gasteiger partial charge on any atom is 0.305 e. The molecule has 1 aliphatic rings. The highest BCUT2D eigenvalue weighted by Crippen LogP contribution is 2.30. The number of nitrogens with zero attached hydrogens (tertiary/aromatic N) is 6. The molecule has 1 aliphatic heterocycles. The van der Waals surface area contributed by atoms with Gasteiger partial charge in [-0.25, -0.2) is 15.0 Å². The lowest BCUT2D eigenvalue weighted by Gasteiger charge is -2.37. The maximum atomic E-state index is 6.60. The summed E-state index contributed by atoms with van der Waals surface area (Å²) in [5.74, 6) is -0.655. The Morgan fingerprint density at radius 2 is 1.39 bits per heavy atom. The second-order valence-corrected chi connectivity index (χ2v) is 9.09. The summed E-state index contributed by atoms with van der Waals surface area (Å²) < 4.78 is 0. The van der Waals surface area contributed by atoms with Gasteiger partial charge < -0.3 is 16.0 Å². The van der Waals surface area contributed by atoms with Gasteiger partial charge in [0.1, 0.15) is 11.7 Å². The fourth-order valence-corrected chi connectivity index (χ4v) is 4.22. The van der Waals surface area contributed by atoms with Crippen LogP contribution < -0.4 is 16.8 Å². The van der Waals surface area contributed by atoms with E-state index >= 15 is 0 Å². The Morgan fingerprint density at radius 1 is 0.816 bits per heavy atom. The van der Waals surface area contributed by atoms with Crippen LogP contribution in [0.4, 0.5) is 5.95 Å². The summed E-state index contributed by atoms with van der Waals surface area (Å²) in [4.78, 5) is 14.8. The lowest BCUT2D eigenvalue weighted by atomic mass is 10.0. The molecule has 5 rings (SSSR count). The van der Waals surface area contributed by atoms with Crippen LogP contribution in [0.25, 0.3) is 5.57 Å². The van der Waals surface area contributed by atoms with E-state index in [-0.39, 0.29) is 11.8 Å². The summed E-state index contributed by atoms with van der Waals surface area (Å²) in [5.41, 5.74) is 16.9. The average molecular weight is 524 g/mol. The van der Waals surface area contributed by atoms with Crippen LogP contribution in [0.1, 0.15) is 16.7 Å². The standard InChI is InChI=1S/C28H26ClN9/c29-23-14-12-22(13-15-23)24-25(30)34-28(31,37-36-27-32-16-7-17-33-27)35-26(24)38(18-20-8-3-1-4-9-20)19-21-10-5-2-6-11-21/h1-17,35H,18-19,31H2,(H2,30,34). The van der Waals surface area contributed by atoms with E-state index in [1.807, 2.05) is 60.7 Å². The predicted octanol–water partition coefficient (Wildman–Crippen LogP) is 4.82.